The first kappa shape index (κ1) is 11.6. The third-order valence-electron chi connectivity index (χ3n) is 1.24. The maximum Gasteiger partial charge on any atom is 0.328 e. The lowest BCUT2D eigenvalue weighted by atomic mass is 10.4. The van der Waals surface area contributed by atoms with Crippen LogP contribution >= 0.6 is 0 Å². The van der Waals surface area contributed by atoms with Crippen molar-refractivity contribution in [3.63, 3.8) is 0 Å². The van der Waals surface area contributed by atoms with Gasteiger partial charge < -0.3 is 15.3 Å². The Hall–Kier alpha value is -1.36. The van der Waals surface area contributed by atoms with E-state index < -0.39 is 5.97 Å². The minimum Gasteiger partial charge on any atom is -0.478 e. The van der Waals surface area contributed by atoms with E-state index in [-0.39, 0.29) is 5.91 Å². The van der Waals surface area contributed by atoms with Crippen molar-refractivity contribution in [3.8, 4) is 0 Å². The van der Waals surface area contributed by atoms with E-state index in [9.17, 15) is 9.59 Å². The van der Waals surface area contributed by atoms with Crippen molar-refractivity contribution >= 4 is 11.9 Å². The molecule has 0 atom stereocenters. The highest BCUT2D eigenvalue weighted by Gasteiger charge is 1.96. The van der Waals surface area contributed by atoms with Crippen LogP contribution < -0.4 is 5.32 Å². The highest BCUT2D eigenvalue weighted by atomic mass is 16.4. The molecule has 13 heavy (non-hydrogen) atoms. The molecule has 74 valence electrons. The minimum atomic E-state index is -1.12. The van der Waals surface area contributed by atoms with Crippen LogP contribution in [-0.2, 0) is 9.59 Å². The number of carbonyl (C=O) groups is 2. The van der Waals surface area contributed by atoms with E-state index in [1.54, 1.807) is 0 Å². The van der Waals surface area contributed by atoms with Gasteiger partial charge in [-0.15, -0.1) is 0 Å². The molecule has 0 rings (SSSR count). The Morgan fingerprint density at radius 3 is 2.46 bits per heavy atom. The number of aliphatic carboxylic acids is 1. The first-order valence-corrected chi connectivity index (χ1v) is 3.86. The number of carbonyl (C=O) groups excluding carboxylic acids is 1. The molecular formula is C8H14N2O3. The molecule has 0 heterocycles. The van der Waals surface area contributed by atoms with Gasteiger partial charge in [-0.1, -0.05) is 0 Å². The van der Waals surface area contributed by atoms with Gasteiger partial charge in [-0.25, -0.2) is 4.79 Å². The molecule has 0 saturated heterocycles. The summed E-state index contributed by atoms with van der Waals surface area (Å²) in [6.07, 6.45) is 1.81. The molecule has 0 aliphatic heterocycles. The average molecular weight is 186 g/mol. The summed E-state index contributed by atoms with van der Waals surface area (Å²) in [5.41, 5.74) is 0. The quantitative estimate of drug-likeness (QED) is 0.557. The van der Waals surface area contributed by atoms with Gasteiger partial charge in [0.05, 0.1) is 0 Å². The molecule has 0 aromatic rings. The maximum atomic E-state index is 10.8. The number of likely N-dealkylation sites (N-methyl/N-ethyl adjacent to an activating group) is 1. The van der Waals surface area contributed by atoms with Crippen LogP contribution in [0.4, 0.5) is 0 Å². The molecule has 5 heteroatoms. The maximum absolute atomic E-state index is 10.8. The predicted molar refractivity (Wildman–Crippen MR) is 48.3 cm³/mol. The first-order chi connectivity index (χ1) is 6.02. The van der Waals surface area contributed by atoms with Crippen molar-refractivity contribution in [3.05, 3.63) is 12.2 Å². The van der Waals surface area contributed by atoms with E-state index in [0.29, 0.717) is 6.54 Å². The van der Waals surface area contributed by atoms with Crippen molar-refractivity contribution in [2.75, 3.05) is 27.2 Å². The molecule has 0 spiro atoms. The Morgan fingerprint density at radius 2 is 2.00 bits per heavy atom. The fourth-order valence-corrected chi connectivity index (χ4v) is 0.609. The molecule has 0 aliphatic rings. The third-order valence-corrected chi connectivity index (χ3v) is 1.24. The standard InChI is InChI=1S/C8H14N2O3/c1-10(2)6-5-9-7(11)3-4-8(12)13/h3-4H,5-6H2,1-2H3,(H,9,11)(H,12,13)/b4-3-. The van der Waals surface area contributed by atoms with Crippen LogP contribution in [0.2, 0.25) is 0 Å². The first-order valence-electron chi connectivity index (χ1n) is 3.86. The Bertz CT molecular complexity index is 211. The number of carboxylic acids is 1. The van der Waals surface area contributed by atoms with Crippen LogP contribution in [0.1, 0.15) is 0 Å². The molecule has 0 unspecified atom stereocenters. The molecule has 0 radical (unpaired) electrons. The zero-order valence-electron chi connectivity index (χ0n) is 7.78. The minimum absolute atomic E-state index is 0.385. The van der Waals surface area contributed by atoms with Gasteiger partial charge in [0.15, 0.2) is 0 Å². The molecule has 0 bridgehead atoms. The summed E-state index contributed by atoms with van der Waals surface area (Å²) >= 11 is 0. The highest BCUT2D eigenvalue weighted by molar-refractivity contribution is 5.93. The molecule has 0 aromatic heterocycles. The number of carboxylic acid groups (broad SMARTS) is 1. The van der Waals surface area contributed by atoms with Crippen molar-refractivity contribution in [1.29, 1.82) is 0 Å². The van der Waals surface area contributed by atoms with Gasteiger partial charge in [0.2, 0.25) is 5.91 Å². The van der Waals surface area contributed by atoms with E-state index in [1.165, 1.54) is 0 Å². The normalized spacial score (nSPS) is 10.7. The van der Waals surface area contributed by atoms with Crippen LogP contribution in [0.25, 0.3) is 0 Å². The topological polar surface area (TPSA) is 69.6 Å². The average Bonchev–Trinajstić information content (AvgIpc) is 2.00. The van der Waals surface area contributed by atoms with Crippen LogP contribution in [0.3, 0.4) is 0 Å². The van der Waals surface area contributed by atoms with Gasteiger partial charge in [0, 0.05) is 25.2 Å². The molecule has 2 N–H and O–H groups in total. The number of hydrogen-bond acceptors (Lipinski definition) is 3. The predicted octanol–water partition coefficient (Wildman–Crippen LogP) is -0.695. The van der Waals surface area contributed by atoms with Crippen molar-refractivity contribution in [2.24, 2.45) is 0 Å². The van der Waals surface area contributed by atoms with Crippen LogP contribution in [-0.4, -0.2) is 49.1 Å². The summed E-state index contributed by atoms with van der Waals surface area (Å²) < 4.78 is 0. The number of nitrogens with one attached hydrogen (secondary N) is 1. The fraction of sp³-hybridized carbons (Fsp3) is 0.500. The fourth-order valence-electron chi connectivity index (χ4n) is 0.609. The second kappa shape index (κ2) is 6.19. The van der Waals surface area contributed by atoms with Crippen molar-refractivity contribution < 1.29 is 14.7 Å². The lowest BCUT2D eigenvalue weighted by molar-refractivity contribution is -0.131. The number of hydrogen-bond donors (Lipinski definition) is 2. The van der Waals surface area contributed by atoms with Gasteiger partial charge >= 0.3 is 5.97 Å². The van der Waals surface area contributed by atoms with Gasteiger partial charge in [-0.05, 0) is 14.1 Å². The summed E-state index contributed by atoms with van der Waals surface area (Å²) in [5, 5.41) is 10.7. The van der Waals surface area contributed by atoms with E-state index in [2.05, 4.69) is 5.32 Å². The van der Waals surface area contributed by atoms with Crippen molar-refractivity contribution in [2.45, 2.75) is 0 Å². The second-order valence-electron chi connectivity index (χ2n) is 2.77. The lowest BCUT2D eigenvalue weighted by Crippen LogP contribution is -2.30. The largest absolute Gasteiger partial charge is 0.478 e. The Kier molecular flexibility index (Phi) is 5.54. The van der Waals surface area contributed by atoms with Crippen molar-refractivity contribution in [1.82, 2.24) is 10.2 Å². The van der Waals surface area contributed by atoms with E-state index in [4.69, 9.17) is 5.11 Å². The smallest absolute Gasteiger partial charge is 0.328 e. The van der Waals surface area contributed by atoms with E-state index in [0.717, 1.165) is 18.7 Å². The third kappa shape index (κ3) is 8.55. The number of nitrogens with zero attached hydrogens (tertiary/aromatic N) is 1. The summed E-state index contributed by atoms with van der Waals surface area (Å²) in [7, 11) is 3.78. The molecule has 5 nitrogen and oxygen atoms in total. The summed E-state index contributed by atoms with van der Waals surface area (Å²) in [4.78, 5) is 22.8. The second-order valence-corrected chi connectivity index (χ2v) is 2.77. The Balaban J connectivity index is 3.58. The van der Waals surface area contributed by atoms with Gasteiger partial charge in [0.25, 0.3) is 0 Å². The molecule has 0 aromatic carbocycles. The summed E-state index contributed by atoms with van der Waals surface area (Å²) in [6.45, 7) is 1.24. The van der Waals surface area contributed by atoms with E-state index in [1.807, 2.05) is 19.0 Å². The highest BCUT2D eigenvalue weighted by Crippen LogP contribution is 1.75. The molecule has 0 saturated carbocycles. The number of amides is 1. The summed E-state index contributed by atoms with van der Waals surface area (Å²) in [6, 6.07) is 0. The summed E-state index contributed by atoms with van der Waals surface area (Å²) in [5.74, 6) is -1.51. The Morgan fingerprint density at radius 1 is 1.38 bits per heavy atom. The SMILES string of the molecule is CN(C)CCNC(=O)/C=C\C(=O)O. The van der Waals surface area contributed by atoms with Crippen LogP contribution in [0.15, 0.2) is 12.2 Å². The lowest BCUT2D eigenvalue weighted by Gasteiger charge is -2.08. The van der Waals surface area contributed by atoms with Gasteiger partial charge in [-0.2, -0.15) is 0 Å². The zero-order chi connectivity index (χ0) is 10.3. The van der Waals surface area contributed by atoms with Crippen LogP contribution in [0.5, 0.6) is 0 Å². The molecule has 1 amide bonds. The van der Waals surface area contributed by atoms with Gasteiger partial charge in [-0.3, -0.25) is 4.79 Å². The monoisotopic (exact) mass is 186 g/mol. The van der Waals surface area contributed by atoms with Crippen LogP contribution in [0, 0.1) is 0 Å². The number of rotatable bonds is 5. The molecule has 0 fully saturated rings. The van der Waals surface area contributed by atoms with Gasteiger partial charge in [0.1, 0.15) is 0 Å². The Labute approximate surface area is 77.0 Å². The molecule has 0 aliphatic carbocycles. The molecular weight excluding hydrogens is 172 g/mol. The van der Waals surface area contributed by atoms with E-state index >= 15 is 0 Å². The zero-order valence-corrected chi connectivity index (χ0v) is 7.78.